The van der Waals surface area contributed by atoms with Gasteiger partial charge in [-0.1, -0.05) is 0 Å². The second kappa shape index (κ2) is 6.29. The molecule has 1 saturated heterocycles. The van der Waals surface area contributed by atoms with Crippen LogP contribution >= 0.6 is 11.3 Å². The maximum atomic E-state index is 12.2. The van der Waals surface area contributed by atoms with Crippen molar-refractivity contribution in [1.29, 1.82) is 0 Å². The molecule has 4 nitrogen and oxygen atoms in total. The van der Waals surface area contributed by atoms with E-state index in [0.717, 1.165) is 38.2 Å². The van der Waals surface area contributed by atoms with Crippen LogP contribution in [-0.4, -0.2) is 34.9 Å². The zero-order valence-electron chi connectivity index (χ0n) is 11.1. The molecule has 1 aliphatic heterocycles. The molecule has 0 aliphatic carbocycles. The third-order valence-electron chi connectivity index (χ3n) is 3.45. The molecule has 0 radical (unpaired) electrons. The van der Waals surface area contributed by atoms with E-state index in [2.05, 4.69) is 10.3 Å². The Morgan fingerprint density at radius 1 is 1.50 bits per heavy atom. The van der Waals surface area contributed by atoms with Crippen LogP contribution in [0.4, 0.5) is 0 Å². The van der Waals surface area contributed by atoms with Crippen molar-refractivity contribution in [3.8, 4) is 0 Å². The number of piperidine rings is 1. The van der Waals surface area contributed by atoms with Crippen LogP contribution < -0.4 is 5.32 Å². The van der Waals surface area contributed by atoms with Gasteiger partial charge in [0.15, 0.2) is 0 Å². The summed E-state index contributed by atoms with van der Waals surface area (Å²) < 4.78 is 0. The molecule has 0 aromatic carbocycles. The van der Waals surface area contributed by atoms with Crippen molar-refractivity contribution in [2.75, 3.05) is 13.1 Å². The van der Waals surface area contributed by atoms with Crippen molar-refractivity contribution < 1.29 is 4.79 Å². The van der Waals surface area contributed by atoms with Crippen LogP contribution in [0.15, 0.2) is 5.51 Å². The Hall–Kier alpha value is -0.940. The SMILES string of the molecule is Cc1ncsc1CNC(C)C(=O)N1CCCCC1. The van der Waals surface area contributed by atoms with E-state index in [1.807, 2.05) is 24.3 Å². The van der Waals surface area contributed by atoms with Gasteiger partial charge in [0.1, 0.15) is 0 Å². The van der Waals surface area contributed by atoms with Crippen LogP contribution in [0.25, 0.3) is 0 Å². The second-order valence-corrected chi connectivity index (χ2v) is 5.79. The van der Waals surface area contributed by atoms with Crippen molar-refractivity contribution in [3.63, 3.8) is 0 Å². The number of nitrogens with zero attached hydrogens (tertiary/aromatic N) is 2. The molecular formula is C13H21N3OS. The highest BCUT2D eigenvalue weighted by Crippen LogP contribution is 2.13. The lowest BCUT2D eigenvalue weighted by atomic mass is 10.1. The molecular weight excluding hydrogens is 246 g/mol. The van der Waals surface area contributed by atoms with Gasteiger partial charge in [-0.15, -0.1) is 11.3 Å². The van der Waals surface area contributed by atoms with Gasteiger partial charge in [-0.2, -0.15) is 0 Å². The van der Waals surface area contributed by atoms with Crippen molar-refractivity contribution in [1.82, 2.24) is 15.2 Å². The standard InChI is InChI=1S/C13H21N3OS/c1-10-12(18-9-15-10)8-14-11(2)13(17)16-6-4-3-5-7-16/h9,11,14H,3-8H2,1-2H3. The van der Waals surface area contributed by atoms with Crippen LogP contribution in [0.3, 0.4) is 0 Å². The summed E-state index contributed by atoms with van der Waals surface area (Å²) in [6, 6.07) is -0.107. The number of likely N-dealkylation sites (tertiary alicyclic amines) is 1. The molecule has 1 unspecified atom stereocenters. The van der Waals surface area contributed by atoms with Crippen molar-refractivity contribution in [3.05, 3.63) is 16.1 Å². The van der Waals surface area contributed by atoms with Gasteiger partial charge in [-0.05, 0) is 33.1 Å². The minimum Gasteiger partial charge on any atom is -0.341 e. The quantitative estimate of drug-likeness (QED) is 0.907. The molecule has 2 heterocycles. The molecule has 1 amide bonds. The zero-order valence-corrected chi connectivity index (χ0v) is 11.9. The molecule has 2 rings (SSSR count). The Kier molecular flexibility index (Phi) is 4.72. The van der Waals surface area contributed by atoms with Gasteiger partial charge < -0.3 is 10.2 Å². The van der Waals surface area contributed by atoms with E-state index in [1.54, 1.807) is 11.3 Å². The summed E-state index contributed by atoms with van der Waals surface area (Å²) >= 11 is 1.64. The van der Waals surface area contributed by atoms with E-state index < -0.39 is 0 Å². The third-order valence-corrected chi connectivity index (χ3v) is 4.39. The highest BCUT2D eigenvalue weighted by molar-refractivity contribution is 7.09. The van der Waals surface area contributed by atoms with Gasteiger partial charge in [0, 0.05) is 24.5 Å². The normalized spacial score (nSPS) is 17.8. The Morgan fingerprint density at radius 3 is 2.83 bits per heavy atom. The van der Waals surface area contributed by atoms with Gasteiger partial charge in [-0.25, -0.2) is 4.98 Å². The fourth-order valence-corrected chi connectivity index (χ4v) is 2.95. The topological polar surface area (TPSA) is 45.2 Å². The number of amides is 1. The summed E-state index contributed by atoms with van der Waals surface area (Å²) in [5, 5.41) is 3.30. The minimum absolute atomic E-state index is 0.107. The van der Waals surface area contributed by atoms with E-state index in [1.165, 1.54) is 11.3 Å². The lowest BCUT2D eigenvalue weighted by Gasteiger charge is -2.29. The average Bonchev–Trinajstić information content (AvgIpc) is 2.81. The largest absolute Gasteiger partial charge is 0.341 e. The number of hydrogen-bond donors (Lipinski definition) is 1. The molecule has 1 N–H and O–H groups in total. The van der Waals surface area contributed by atoms with E-state index in [4.69, 9.17) is 0 Å². The molecule has 0 spiro atoms. The predicted molar refractivity (Wildman–Crippen MR) is 73.6 cm³/mol. The highest BCUT2D eigenvalue weighted by atomic mass is 32.1. The molecule has 18 heavy (non-hydrogen) atoms. The summed E-state index contributed by atoms with van der Waals surface area (Å²) in [6.45, 7) is 6.53. The van der Waals surface area contributed by atoms with Crippen LogP contribution in [0, 0.1) is 6.92 Å². The maximum absolute atomic E-state index is 12.2. The first-order valence-electron chi connectivity index (χ1n) is 6.59. The van der Waals surface area contributed by atoms with E-state index in [-0.39, 0.29) is 11.9 Å². The van der Waals surface area contributed by atoms with Gasteiger partial charge >= 0.3 is 0 Å². The summed E-state index contributed by atoms with van der Waals surface area (Å²) in [6.07, 6.45) is 3.55. The lowest BCUT2D eigenvalue weighted by Crippen LogP contribution is -2.46. The molecule has 1 aromatic heterocycles. The number of carbonyl (C=O) groups excluding carboxylic acids is 1. The summed E-state index contributed by atoms with van der Waals surface area (Å²) in [7, 11) is 0. The summed E-state index contributed by atoms with van der Waals surface area (Å²) in [5.74, 6) is 0.233. The molecule has 1 fully saturated rings. The van der Waals surface area contributed by atoms with E-state index >= 15 is 0 Å². The predicted octanol–water partition coefficient (Wildman–Crippen LogP) is 1.94. The number of nitrogens with one attached hydrogen (secondary N) is 1. The van der Waals surface area contributed by atoms with Crippen molar-refractivity contribution in [2.45, 2.75) is 45.7 Å². The van der Waals surface area contributed by atoms with E-state index in [9.17, 15) is 4.79 Å². The highest BCUT2D eigenvalue weighted by Gasteiger charge is 2.21. The van der Waals surface area contributed by atoms with Crippen molar-refractivity contribution in [2.24, 2.45) is 0 Å². The molecule has 1 atom stereocenters. The molecule has 100 valence electrons. The number of rotatable bonds is 4. The second-order valence-electron chi connectivity index (χ2n) is 4.85. The maximum Gasteiger partial charge on any atom is 0.239 e. The monoisotopic (exact) mass is 267 g/mol. The summed E-state index contributed by atoms with van der Waals surface area (Å²) in [4.78, 5) is 19.6. The Labute approximate surface area is 112 Å². The Balaban J connectivity index is 1.82. The van der Waals surface area contributed by atoms with Crippen molar-refractivity contribution >= 4 is 17.2 Å². The van der Waals surface area contributed by atoms with Crippen LogP contribution in [-0.2, 0) is 11.3 Å². The number of carbonyl (C=O) groups is 1. The molecule has 1 aliphatic rings. The zero-order chi connectivity index (χ0) is 13.0. The number of aromatic nitrogens is 1. The molecule has 0 bridgehead atoms. The fraction of sp³-hybridized carbons (Fsp3) is 0.692. The first-order valence-corrected chi connectivity index (χ1v) is 7.47. The first kappa shape index (κ1) is 13.5. The fourth-order valence-electron chi connectivity index (χ4n) is 2.22. The number of thiazole rings is 1. The smallest absolute Gasteiger partial charge is 0.239 e. The van der Waals surface area contributed by atoms with Crippen LogP contribution in [0.1, 0.15) is 36.8 Å². The van der Waals surface area contributed by atoms with Crippen LogP contribution in [0.2, 0.25) is 0 Å². The summed E-state index contributed by atoms with van der Waals surface area (Å²) in [5.41, 5.74) is 2.91. The van der Waals surface area contributed by atoms with E-state index in [0.29, 0.717) is 0 Å². The van der Waals surface area contributed by atoms with Crippen LogP contribution in [0.5, 0.6) is 0 Å². The van der Waals surface area contributed by atoms with Gasteiger partial charge in [0.2, 0.25) is 5.91 Å². The third kappa shape index (κ3) is 3.29. The van der Waals surface area contributed by atoms with Gasteiger partial charge in [0.25, 0.3) is 0 Å². The lowest BCUT2D eigenvalue weighted by molar-refractivity contribution is -0.133. The molecule has 5 heteroatoms. The average molecular weight is 267 g/mol. The molecule has 0 saturated carbocycles. The first-order chi connectivity index (χ1) is 8.68. The number of aryl methyl sites for hydroxylation is 1. The Bertz CT molecular complexity index is 399. The number of hydrogen-bond acceptors (Lipinski definition) is 4. The van der Waals surface area contributed by atoms with Gasteiger partial charge in [-0.3, -0.25) is 4.79 Å². The molecule has 1 aromatic rings. The minimum atomic E-state index is -0.107. The van der Waals surface area contributed by atoms with Gasteiger partial charge in [0.05, 0.1) is 17.2 Å². The Morgan fingerprint density at radius 2 is 2.22 bits per heavy atom.